The largest absolute Gasteiger partial charge is 0.433 e. The van der Waals surface area contributed by atoms with Gasteiger partial charge >= 0.3 is 6.18 Å². The molecule has 1 fully saturated rings. The number of alkyl halides is 3. The Balaban J connectivity index is 1.73. The maximum atomic E-state index is 13.0. The number of sulfonamides is 1. The van der Waals surface area contributed by atoms with Gasteiger partial charge < -0.3 is 11.1 Å². The predicted octanol–water partition coefficient (Wildman–Crippen LogP) is 1.32. The second-order valence-corrected chi connectivity index (χ2v) is 9.97. The standard InChI is InChI=1S/C18H17F3N6O3S2/c19-18(20,21)13-3-4-24-16(26-13)14(15(22)28)17-25-11-2-1-10(9-12(11)31-17)32(29,30)27-7-5-23-6-8-27/h1-4,9,14,23H,5-8H2,(H2,22,28). The van der Waals surface area contributed by atoms with E-state index in [9.17, 15) is 26.4 Å². The summed E-state index contributed by atoms with van der Waals surface area (Å²) in [4.78, 5) is 23.7. The molecule has 14 heteroatoms. The molecule has 1 aliphatic rings. The van der Waals surface area contributed by atoms with Gasteiger partial charge in [-0.25, -0.2) is 23.4 Å². The molecule has 1 atom stereocenters. The Morgan fingerprint density at radius 2 is 1.91 bits per heavy atom. The number of nitrogens with one attached hydrogen (secondary N) is 1. The van der Waals surface area contributed by atoms with Crippen LogP contribution in [0.15, 0.2) is 35.4 Å². The SMILES string of the molecule is NC(=O)C(c1nccc(C(F)(F)F)n1)c1nc2ccc(S(=O)(=O)N3CCNCC3)cc2s1. The number of amides is 1. The van der Waals surface area contributed by atoms with Crippen molar-refractivity contribution in [2.75, 3.05) is 26.2 Å². The minimum absolute atomic E-state index is 0.0630. The summed E-state index contributed by atoms with van der Waals surface area (Å²) >= 11 is 0.950. The Labute approximate surface area is 184 Å². The van der Waals surface area contributed by atoms with Crippen LogP contribution < -0.4 is 11.1 Å². The zero-order valence-corrected chi connectivity index (χ0v) is 18.0. The third-order valence-corrected chi connectivity index (χ3v) is 7.82. The van der Waals surface area contributed by atoms with Crippen LogP contribution in [0.25, 0.3) is 10.2 Å². The van der Waals surface area contributed by atoms with Crippen molar-refractivity contribution in [1.29, 1.82) is 0 Å². The Morgan fingerprint density at radius 3 is 2.56 bits per heavy atom. The summed E-state index contributed by atoms with van der Waals surface area (Å²) in [7, 11) is -3.72. The van der Waals surface area contributed by atoms with Gasteiger partial charge in [-0.2, -0.15) is 17.5 Å². The summed E-state index contributed by atoms with van der Waals surface area (Å²) in [5, 5.41) is 3.16. The van der Waals surface area contributed by atoms with Gasteiger partial charge in [0.25, 0.3) is 0 Å². The van der Waals surface area contributed by atoms with Gasteiger partial charge in [0.05, 0.1) is 15.1 Å². The van der Waals surface area contributed by atoms with Crippen molar-refractivity contribution in [3.63, 3.8) is 0 Å². The molecule has 1 saturated heterocycles. The quantitative estimate of drug-likeness (QED) is 0.556. The predicted molar refractivity (Wildman–Crippen MR) is 109 cm³/mol. The summed E-state index contributed by atoms with van der Waals surface area (Å²) in [5.41, 5.74) is 4.60. The van der Waals surface area contributed by atoms with Crippen LogP contribution in [0.2, 0.25) is 0 Å². The summed E-state index contributed by atoms with van der Waals surface area (Å²) < 4.78 is 66.7. The molecular weight excluding hydrogens is 469 g/mol. The smallest absolute Gasteiger partial charge is 0.369 e. The van der Waals surface area contributed by atoms with Gasteiger partial charge in [-0.05, 0) is 24.3 Å². The highest BCUT2D eigenvalue weighted by Crippen LogP contribution is 2.34. The first-order valence-corrected chi connectivity index (χ1v) is 11.6. The van der Waals surface area contributed by atoms with Crippen molar-refractivity contribution in [2.24, 2.45) is 5.73 Å². The lowest BCUT2D eigenvalue weighted by Crippen LogP contribution is -2.46. The number of primary amides is 1. The average Bonchev–Trinajstić information content (AvgIpc) is 3.16. The fourth-order valence-corrected chi connectivity index (χ4v) is 5.93. The molecule has 0 saturated carbocycles. The third-order valence-electron chi connectivity index (χ3n) is 4.84. The van der Waals surface area contributed by atoms with E-state index in [1.807, 2.05) is 0 Å². The van der Waals surface area contributed by atoms with Crippen LogP contribution in [-0.2, 0) is 21.0 Å². The maximum Gasteiger partial charge on any atom is 0.433 e. The summed E-state index contributed by atoms with van der Waals surface area (Å²) in [6.07, 6.45) is -3.83. The van der Waals surface area contributed by atoms with Crippen LogP contribution in [0.4, 0.5) is 13.2 Å². The monoisotopic (exact) mass is 486 g/mol. The van der Waals surface area contributed by atoms with E-state index in [0.29, 0.717) is 42.5 Å². The van der Waals surface area contributed by atoms with Crippen molar-refractivity contribution >= 4 is 37.5 Å². The molecule has 1 aliphatic heterocycles. The molecule has 0 aliphatic carbocycles. The van der Waals surface area contributed by atoms with Gasteiger partial charge in [0.2, 0.25) is 15.9 Å². The van der Waals surface area contributed by atoms with Crippen molar-refractivity contribution in [1.82, 2.24) is 24.6 Å². The van der Waals surface area contributed by atoms with Crippen LogP contribution in [0, 0.1) is 0 Å². The molecule has 32 heavy (non-hydrogen) atoms. The molecule has 0 radical (unpaired) electrons. The first kappa shape index (κ1) is 22.5. The zero-order valence-electron chi connectivity index (χ0n) is 16.3. The number of piperazine rings is 1. The highest BCUT2D eigenvalue weighted by Gasteiger charge is 2.35. The Morgan fingerprint density at radius 1 is 1.19 bits per heavy atom. The van der Waals surface area contributed by atoms with Crippen LogP contribution in [0.1, 0.15) is 22.4 Å². The van der Waals surface area contributed by atoms with Crippen LogP contribution >= 0.6 is 11.3 Å². The number of fused-ring (bicyclic) bond motifs is 1. The van der Waals surface area contributed by atoms with Crippen molar-refractivity contribution < 1.29 is 26.4 Å². The number of benzene rings is 1. The van der Waals surface area contributed by atoms with E-state index in [2.05, 4.69) is 20.3 Å². The molecule has 1 amide bonds. The molecule has 9 nitrogen and oxygen atoms in total. The molecule has 3 heterocycles. The minimum Gasteiger partial charge on any atom is -0.369 e. The van der Waals surface area contributed by atoms with Crippen molar-refractivity contribution in [2.45, 2.75) is 17.0 Å². The Bertz CT molecular complexity index is 1270. The van der Waals surface area contributed by atoms with Crippen molar-refractivity contribution in [3.05, 3.63) is 47.0 Å². The van der Waals surface area contributed by atoms with E-state index in [4.69, 9.17) is 5.73 Å². The number of nitrogens with zero attached hydrogens (tertiary/aromatic N) is 4. The van der Waals surface area contributed by atoms with Gasteiger partial charge in [0, 0.05) is 32.4 Å². The number of hydrogen-bond acceptors (Lipinski definition) is 8. The second-order valence-electron chi connectivity index (χ2n) is 6.97. The molecule has 3 N–H and O–H groups in total. The van der Waals surface area contributed by atoms with Gasteiger partial charge in [0.1, 0.15) is 22.4 Å². The van der Waals surface area contributed by atoms with E-state index in [-0.39, 0.29) is 9.90 Å². The van der Waals surface area contributed by atoms with Crippen molar-refractivity contribution in [3.8, 4) is 0 Å². The molecule has 170 valence electrons. The van der Waals surface area contributed by atoms with Gasteiger partial charge in [-0.15, -0.1) is 11.3 Å². The Kier molecular flexibility index (Phi) is 5.87. The minimum atomic E-state index is -4.72. The topological polar surface area (TPSA) is 131 Å². The number of thiazole rings is 1. The highest BCUT2D eigenvalue weighted by molar-refractivity contribution is 7.89. The summed E-state index contributed by atoms with van der Waals surface area (Å²) in [5.74, 6) is -2.82. The molecule has 2 aromatic heterocycles. The molecule has 0 spiro atoms. The number of carbonyl (C=O) groups is 1. The molecular formula is C18H17F3N6O3S2. The molecule has 4 rings (SSSR count). The normalized spacial score (nSPS) is 16.8. The lowest BCUT2D eigenvalue weighted by molar-refractivity contribution is -0.141. The second kappa shape index (κ2) is 8.35. The van der Waals surface area contributed by atoms with E-state index >= 15 is 0 Å². The number of rotatable bonds is 5. The number of aromatic nitrogens is 3. The van der Waals surface area contributed by atoms with Crippen LogP contribution in [-0.4, -0.2) is 59.8 Å². The zero-order chi connectivity index (χ0) is 23.1. The number of hydrogen-bond donors (Lipinski definition) is 2. The maximum absolute atomic E-state index is 13.0. The molecule has 0 bridgehead atoms. The van der Waals surface area contributed by atoms with Crippen LogP contribution in [0.3, 0.4) is 0 Å². The highest BCUT2D eigenvalue weighted by atomic mass is 32.2. The summed E-state index contributed by atoms with van der Waals surface area (Å²) in [6.45, 7) is 1.77. The summed E-state index contributed by atoms with van der Waals surface area (Å²) in [6, 6.07) is 5.00. The number of nitrogens with two attached hydrogens (primary N) is 1. The first-order chi connectivity index (χ1) is 15.1. The first-order valence-electron chi connectivity index (χ1n) is 9.38. The van der Waals surface area contributed by atoms with E-state index in [1.54, 1.807) is 0 Å². The van der Waals surface area contributed by atoms with Gasteiger partial charge in [-0.3, -0.25) is 4.79 Å². The molecule has 1 unspecified atom stereocenters. The fraction of sp³-hybridized carbons (Fsp3) is 0.333. The van der Waals surface area contributed by atoms with E-state index in [0.717, 1.165) is 17.5 Å². The Hall–Kier alpha value is -2.68. The van der Waals surface area contributed by atoms with Gasteiger partial charge in [0.15, 0.2) is 0 Å². The van der Waals surface area contributed by atoms with E-state index < -0.39 is 39.5 Å². The number of halogens is 3. The number of carbonyl (C=O) groups excluding carboxylic acids is 1. The molecule has 3 aromatic rings. The third kappa shape index (κ3) is 4.30. The van der Waals surface area contributed by atoms with Gasteiger partial charge in [-0.1, -0.05) is 0 Å². The fourth-order valence-electron chi connectivity index (χ4n) is 3.27. The average molecular weight is 487 g/mol. The lowest BCUT2D eigenvalue weighted by atomic mass is 10.1. The lowest BCUT2D eigenvalue weighted by Gasteiger charge is -2.26. The van der Waals surface area contributed by atoms with E-state index in [1.165, 1.54) is 22.5 Å². The van der Waals surface area contributed by atoms with Crippen LogP contribution in [0.5, 0.6) is 0 Å². The molecule has 1 aromatic carbocycles.